The van der Waals surface area contributed by atoms with E-state index in [2.05, 4.69) is 36.5 Å². The van der Waals surface area contributed by atoms with Gasteiger partial charge in [0.2, 0.25) is 0 Å². The Balaban J connectivity index is 2.07. The Morgan fingerprint density at radius 3 is 1.70 bits per heavy atom. The third kappa shape index (κ3) is 5.01. The molecule has 2 aliphatic rings. The molecule has 0 atom stereocenters. The maximum absolute atomic E-state index is 6.01. The highest BCUT2D eigenvalue weighted by molar-refractivity contribution is 6.60. The van der Waals surface area contributed by atoms with Crippen LogP contribution in [0.5, 0.6) is 0 Å². The first-order valence-corrected chi connectivity index (χ1v) is 10.8. The highest BCUT2D eigenvalue weighted by atomic mass is 28.4. The van der Waals surface area contributed by atoms with Gasteiger partial charge in [-0.15, -0.1) is 0 Å². The number of hydrogen-bond donors (Lipinski definition) is 0. The molecule has 0 saturated heterocycles. The summed E-state index contributed by atoms with van der Waals surface area (Å²) in [4.78, 5) is 0. The van der Waals surface area contributed by atoms with Gasteiger partial charge in [-0.3, -0.25) is 0 Å². The lowest BCUT2D eigenvalue weighted by atomic mass is 9.87. The van der Waals surface area contributed by atoms with Crippen LogP contribution in [-0.4, -0.2) is 28.6 Å². The van der Waals surface area contributed by atoms with Gasteiger partial charge in [-0.25, -0.2) is 0 Å². The van der Waals surface area contributed by atoms with E-state index >= 15 is 0 Å². The van der Waals surface area contributed by atoms with E-state index in [-0.39, 0.29) is 0 Å². The van der Waals surface area contributed by atoms with Crippen LogP contribution in [-0.2, 0) is 13.3 Å². The van der Waals surface area contributed by atoms with Crippen LogP contribution in [0.1, 0.15) is 40.0 Å². The highest BCUT2D eigenvalue weighted by Crippen LogP contribution is 2.36. The Hall–Kier alpha value is -0.943. The molecule has 0 spiro atoms. The fraction of sp³-hybridized carbons (Fsp3) is 0.579. The van der Waals surface area contributed by atoms with Crippen LogP contribution in [0, 0.1) is 5.92 Å². The van der Waals surface area contributed by atoms with Gasteiger partial charge < -0.3 is 13.3 Å². The first-order valence-electron chi connectivity index (χ1n) is 8.87. The molecular formula is C19H30O3Si. The molecule has 23 heavy (non-hydrogen) atoms. The summed E-state index contributed by atoms with van der Waals surface area (Å²) >= 11 is 0. The lowest BCUT2D eigenvalue weighted by molar-refractivity contribution is 0.0702. The van der Waals surface area contributed by atoms with E-state index < -0.39 is 8.80 Å². The molecule has 0 aromatic carbocycles. The fourth-order valence-corrected chi connectivity index (χ4v) is 6.02. The number of hydrogen-bond acceptors (Lipinski definition) is 3. The largest absolute Gasteiger partial charge is 0.500 e. The SMILES string of the molecule is CCO[Si](CCC(C1=CC=CC1)C1=CC=CC1)(OCC)OCC. The summed E-state index contributed by atoms with van der Waals surface area (Å²) in [5, 5.41) is 0. The zero-order chi connectivity index (χ0) is 16.5. The minimum atomic E-state index is -2.56. The topological polar surface area (TPSA) is 27.7 Å². The molecule has 0 bridgehead atoms. The smallest absolute Gasteiger partial charge is 0.374 e. The lowest BCUT2D eigenvalue weighted by Crippen LogP contribution is -2.46. The van der Waals surface area contributed by atoms with Gasteiger partial charge in [0, 0.05) is 31.8 Å². The molecule has 2 rings (SSSR count). The van der Waals surface area contributed by atoms with Crippen molar-refractivity contribution in [3.8, 4) is 0 Å². The van der Waals surface area contributed by atoms with E-state index in [9.17, 15) is 0 Å². The van der Waals surface area contributed by atoms with E-state index in [1.807, 2.05) is 20.8 Å². The zero-order valence-electron chi connectivity index (χ0n) is 14.7. The molecule has 0 radical (unpaired) electrons. The summed E-state index contributed by atoms with van der Waals surface area (Å²) in [5.41, 5.74) is 3.01. The van der Waals surface area contributed by atoms with Crippen molar-refractivity contribution in [1.29, 1.82) is 0 Å². The molecule has 2 aliphatic carbocycles. The Morgan fingerprint density at radius 1 is 0.870 bits per heavy atom. The van der Waals surface area contributed by atoms with E-state index in [1.54, 1.807) is 0 Å². The Bertz CT molecular complexity index is 444. The van der Waals surface area contributed by atoms with Crippen molar-refractivity contribution in [2.24, 2.45) is 5.92 Å². The zero-order valence-corrected chi connectivity index (χ0v) is 15.7. The number of rotatable bonds is 11. The van der Waals surface area contributed by atoms with Gasteiger partial charge in [-0.05, 0) is 40.0 Å². The average Bonchev–Trinajstić information content (AvgIpc) is 3.22. The minimum Gasteiger partial charge on any atom is -0.374 e. The Kier molecular flexibility index (Phi) is 7.50. The fourth-order valence-electron chi connectivity index (χ4n) is 3.38. The van der Waals surface area contributed by atoms with Gasteiger partial charge in [0.1, 0.15) is 0 Å². The van der Waals surface area contributed by atoms with Gasteiger partial charge in [0.15, 0.2) is 0 Å². The van der Waals surface area contributed by atoms with Gasteiger partial charge in [0.25, 0.3) is 0 Å². The summed E-state index contributed by atoms with van der Waals surface area (Å²) in [6, 6.07) is 0.877. The molecule has 0 fully saturated rings. The predicted molar refractivity (Wildman–Crippen MR) is 97.2 cm³/mol. The van der Waals surface area contributed by atoms with Crippen LogP contribution in [0.25, 0.3) is 0 Å². The Morgan fingerprint density at radius 2 is 1.35 bits per heavy atom. The van der Waals surface area contributed by atoms with Crippen molar-refractivity contribution >= 4 is 8.80 Å². The minimum absolute atomic E-state index is 0.480. The monoisotopic (exact) mass is 334 g/mol. The van der Waals surface area contributed by atoms with Crippen molar-refractivity contribution in [3.05, 3.63) is 47.6 Å². The molecule has 0 aliphatic heterocycles. The molecule has 3 nitrogen and oxygen atoms in total. The molecule has 4 heteroatoms. The van der Waals surface area contributed by atoms with Crippen LogP contribution in [0.3, 0.4) is 0 Å². The van der Waals surface area contributed by atoms with E-state index in [0.717, 1.165) is 25.3 Å². The second-order valence-electron chi connectivity index (χ2n) is 5.82. The number of allylic oxidation sites excluding steroid dienone is 8. The normalized spacial score (nSPS) is 17.2. The third-order valence-electron chi connectivity index (χ3n) is 4.33. The Labute approximate surface area is 142 Å². The summed E-state index contributed by atoms with van der Waals surface area (Å²) in [7, 11) is -2.56. The van der Waals surface area contributed by atoms with E-state index in [4.69, 9.17) is 13.3 Å². The predicted octanol–water partition coefficient (Wildman–Crippen LogP) is 4.81. The molecule has 0 saturated carbocycles. The van der Waals surface area contributed by atoms with Crippen LogP contribution < -0.4 is 0 Å². The molecule has 0 unspecified atom stereocenters. The maximum atomic E-state index is 6.01. The summed E-state index contributed by atoms with van der Waals surface area (Å²) in [5.74, 6) is 0.480. The summed E-state index contributed by atoms with van der Waals surface area (Å²) < 4.78 is 18.0. The molecule has 0 amide bonds. The molecule has 0 N–H and O–H groups in total. The third-order valence-corrected chi connectivity index (χ3v) is 7.41. The molecule has 128 valence electrons. The summed E-state index contributed by atoms with van der Waals surface area (Å²) in [6.45, 7) is 7.99. The lowest BCUT2D eigenvalue weighted by Gasteiger charge is -2.30. The molecular weight excluding hydrogens is 304 g/mol. The van der Waals surface area contributed by atoms with Gasteiger partial charge in [-0.2, -0.15) is 0 Å². The van der Waals surface area contributed by atoms with Crippen LogP contribution in [0.15, 0.2) is 47.6 Å². The van der Waals surface area contributed by atoms with Crippen molar-refractivity contribution in [3.63, 3.8) is 0 Å². The van der Waals surface area contributed by atoms with E-state index in [0.29, 0.717) is 25.7 Å². The van der Waals surface area contributed by atoms with Crippen molar-refractivity contribution in [2.45, 2.75) is 46.1 Å². The van der Waals surface area contributed by atoms with Crippen molar-refractivity contribution in [2.75, 3.05) is 19.8 Å². The van der Waals surface area contributed by atoms with Gasteiger partial charge in [-0.1, -0.05) is 47.6 Å². The quantitative estimate of drug-likeness (QED) is 0.507. The molecule has 0 aromatic heterocycles. The second-order valence-corrected chi connectivity index (χ2v) is 8.55. The van der Waals surface area contributed by atoms with Crippen LogP contribution in [0.4, 0.5) is 0 Å². The first-order chi connectivity index (χ1) is 11.2. The highest BCUT2D eigenvalue weighted by Gasteiger charge is 2.41. The van der Waals surface area contributed by atoms with Crippen LogP contribution >= 0.6 is 0 Å². The van der Waals surface area contributed by atoms with Gasteiger partial charge >= 0.3 is 8.80 Å². The molecule has 0 aromatic rings. The standard InChI is InChI=1S/C19H30O3Si/c1-4-20-23(21-5-2,22-6-3)16-15-19(17-11-7-8-12-17)18-13-9-10-14-18/h7-11,13,19H,4-6,12,14-16H2,1-3H3. The molecule has 0 heterocycles. The average molecular weight is 335 g/mol. The van der Waals surface area contributed by atoms with Crippen LogP contribution in [0.2, 0.25) is 6.04 Å². The van der Waals surface area contributed by atoms with E-state index in [1.165, 1.54) is 11.1 Å². The summed E-state index contributed by atoms with van der Waals surface area (Å²) in [6.07, 6.45) is 16.5. The first kappa shape index (κ1) is 18.4. The van der Waals surface area contributed by atoms with Crippen molar-refractivity contribution < 1.29 is 13.3 Å². The van der Waals surface area contributed by atoms with Gasteiger partial charge in [0.05, 0.1) is 0 Å². The maximum Gasteiger partial charge on any atom is 0.500 e. The second kappa shape index (κ2) is 9.38. The van der Waals surface area contributed by atoms with Crippen molar-refractivity contribution in [1.82, 2.24) is 0 Å².